The molecule has 0 aromatic rings. The predicted molar refractivity (Wildman–Crippen MR) is 78.4 cm³/mol. The third kappa shape index (κ3) is 16.3. The second kappa shape index (κ2) is 14.2. The van der Waals surface area contributed by atoms with Crippen LogP contribution in [0.3, 0.4) is 0 Å². The van der Waals surface area contributed by atoms with Crippen molar-refractivity contribution in [2.75, 3.05) is 46.4 Å². The van der Waals surface area contributed by atoms with Crippen LogP contribution in [0, 0.1) is 0 Å². The van der Waals surface area contributed by atoms with Crippen LogP contribution in [-0.2, 0) is 14.4 Å². The summed E-state index contributed by atoms with van der Waals surface area (Å²) in [6.45, 7) is 2.05. The Bertz CT molecular complexity index is 336. The summed E-state index contributed by atoms with van der Waals surface area (Å²) >= 11 is 0. The van der Waals surface area contributed by atoms with Gasteiger partial charge in [-0.2, -0.15) is 0 Å². The van der Waals surface area contributed by atoms with Gasteiger partial charge in [-0.25, -0.2) is 0 Å². The minimum Gasteiger partial charge on any atom is -0.480 e. The van der Waals surface area contributed by atoms with E-state index < -0.39 is 11.9 Å². The average molecular weight is 322 g/mol. The maximum Gasteiger partial charge on any atom is 0.323 e. The number of carboxylic acids is 2. The molecule has 0 radical (unpaired) electrons. The lowest BCUT2D eigenvalue weighted by Crippen LogP contribution is -2.35. The highest BCUT2D eigenvalue weighted by atomic mass is 16.4. The van der Waals surface area contributed by atoms with Gasteiger partial charge in [0.25, 0.3) is 0 Å². The van der Waals surface area contributed by atoms with Crippen molar-refractivity contribution in [2.24, 2.45) is 0 Å². The Morgan fingerprint density at radius 2 is 1.32 bits per heavy atom. The molecule has 130 valence electrons. The zero-order valence-electron chi connectivity index (χ0n) is 13.1. The van der Waals surface area contributed by atoms with E-state index in [1.807, 2.05) is 0 Å². The molecule has 0 rings (SSSR count). The first-order chi connectivity index (χ1) is 10.2. The molecule has 0 aliphatic carbocycles. The first-order valence-corrected chi connectivity index (χ1v) is 6.83. The van der Waals surface area contributed by atoms with Crippen LogP contribution < -0.4 is 0 Å². The lowest BCUT2D eigenvalue weighted by molar-refractivity contribution is -0.143. The second-order valence-electron chi connectivity index (χ2n) is 4.62. The fourth-order valence-electron chi connectivity index (χ4n) is 1.42. The Balaban J connectivity index is 0. The Hall–Kier alpha value is -1.71. The molecule has 4 N–H and O–H groups in total. The molecule has 0 saturated heterocycles. The normalized spacial score (nSPS) is 9.86. The van der Waals surface area contributed by atoms with E-state index in [4.69, 9.17) is 20.4 Å². The Morgan fingerprint density at radius 3 is 1.68 bits per heavy atom. The summed E-state index contributed by atoms with van der Waals surface area (Å²) in [7, 11) is 1.71. The molecule has 1 amide bonds. The number of rotatable bonds is 10. The Labute approximate surface area is 129 Å². The van der Waals surface area contributed by atoms with E-state index in [2.05, 4.69) is 0 Å². The molecule has 22 heavy (non-hydrogen) atoms. The number of amides is 1. The summed E-state index contributed by atoms with van der Waals surface area (Å²) in [4.78, 5) is 33.9. The number of carbonyl (C=O) groups is 3. The van der Waals surface area contributed by atoms with Crippen LogP contribution in [0.15, 0.2) is 0 Å². The molecule has 0 aliphatic heterocycles. The standard InChI is InChI=1S/C7H13NO4.C6H13NO3/c1-6(10)8(3-2-4-9)5-7(11)12;1-7(3-2-4-8)5-6(9)10/h9H,2-5H2,1H3,(H,11,12);8H,2-5H2,1H3,(H,9,10). The number of carbonyl (C=O) groups excluding carboxylic acids is 1. The zero-order valence-corrected chi connectivity index (χ0v) is 13.1. The maximum atomic E-state index is 10.8. The van der Waals surface area contributed by atoms with Crippen molar-refractivity contribution < 1.29 is 34.8 Å². The first kappa shape index (κ1) is 22.6. The van der Waals surface area contributed by atoms with Crippen molar-refractivity contribution in [3.8, 4) is 0 Å². The predicted octanol–water partition coefficient (Wildman–Crippen LogP) is -1.31. The molecule has 9 nitrogen and oxygen atoms in total. The van der Waals surface area contributed by atoms with Crippen molar-refractivity contribution in [3.05, 3.63) is 0 Å². The van der Waals surface area contributed by atoms with Gasteiger partial charge in [-0.15, -0.1) is 0 Å². The van der Waals surface area contributed by atoms with E-state index in [0.717, 1.165) is 0 Å². The smallest absolute Gasteiger partial charge is 0.323 e. The molecule has 0 aliphatic rings. The lowest BCUT2D eigenvalue weighted by atomic mass is 10.4. The highest BCUT2D eigenvalue weighted by molar-refractivity contribution is 5.79. The Morgan fingerprint density at radius 1 is 0.864 bits per heavy atom. The molecule has 9 heteroatoms. The molecule has 0 fully saturated rings. The van der Waals surface area contributed by atoms with Crippen LogP contribution in [0.2, 0.25) is 0 Å². The number of likely N-dealkylation sites (N-methyl/N-ethyl adjacent to an activating group) is 1. The van der Waals surface area contributed by atoms with Crippen molar-refractivity contribution in [1.29, 1.82) is 0 Å². The van der Waals surface area contributed by atoms with Crippen molar-refractivity contribution in [3.63, 3.8) is 0 Å². The average Bonchev–Trinajstić information content (AvgIpc) is 2.40. The molecule has 0 aromatic carbocycles. The molecular weight excluding hydrogens is 296 g/mol. The Kier molecular flexibility index (Phi) is 14.6. The number of nitrogens with zero attached hydrogens (tertiary/aromatic N) is 2. The summed E-state index contributed by atoms with van der Waals surface area (Å²) in [5.74, 6) is -2.16. The van der Waals surface area contributed by atoms with Gasteiger partial charge < -0.3 is 25.3 Å². The largest absolute Gasteiger partial charge is 0.480 e. The van der Waals surface area contributed by atoms with Gasteiger partial charge in [0, 0.05) is 33.2 Å². The van der Waals surface area contributed by atoms with E-state index in [1.54, 1.807) is 11.9 Å². The molecule has 0 unspecified atom stereocenters. The van der Waals surface area contributed by atoms with Crippen LogP contribution in [0.25, 0.3) is 0 Å². The number of aliphatic hydroxyl groups is 2. The number of aliphatic hydroxyl groups excluding tert-OH is 2. The monoisotopic (exact) mass is 322 g/mol. The topological polar surface area (TPSA) is 139 Å². The molecule has 0 bridgehead atoms. The van der Waals surface area contributed by atoms with Gasteiger partial charge in [0.15, 0.2) is 0 Å². The molecule has 0 spiro atoms. The third-order valence-electron chi connectivity index (χ3n) is 2.46. The van der Waals surface area contributed by atoms with Gasteiger partial charge in [-0.3, -0.25) is 19.3 Å². The number of hydrogen-bond acceptors (Lipinski definition) is 6. The highest BCUT2D eigenvalue weighted by Gasteiger charge is 2.11. The maximum absolute atomic E-state index is 10.8. The van der Waals surface area contributed by atoms with Gasteiger partial charge in [0.05, 0.1) is 6.54 Å². The van der Waals surface area contributed by atoms with E-state index >= 15 is 0 Å². The van der Waals surface area contributed by atoms with Crippen LogP contribution >= 0.6 is 0 Å². The van der Waals surface area contributed by atoms with Gasteiger partial charge in [-0.05, 0) is 19.9 Å². The number of aliphatic carboxylic acids is 2. The van der Waals surface area contributed by atoms with Crippen LogP contribution in [0.5, 0.6) is 0 Å². The minimum absolute atomic E-state index is 0.0383. The minimum atomic E-state index is -1.04. The quantitative estimate of drug-likeness (QED) is 0.389. The van der Waals surface area contributed by atoms with E-state index in [0.29, 0.717) is 19.4 Å². The second-order valence-corrected chi connectivity index (χ2v) is 4.62. The van der Waals surface area contributed by atoms with Gasteiger partial charge >= 0.3 is 11.9 Å². The zero-order chi connectivity index (χ0) is 17.5. The molecule has 0 heterocycles. The van der Waals surface area contributed by atoms with Gasteiger partial charge in [-0.1, -0.05) is 0 Å². The first-order valence-electron chi connectivity index (χ1n) is 6.83. The van der Waals surface area contributed by atoms with E-state index in [1.165, 1.54) is 11.8 Å². The van der Waals surface area contributed by atoms with Crippen LogP contribution in [0.4, 0.5) is 0 Å². The highest BCUT2D eigenvalue weighted by Crippen LogP contribution is 1.91. The summed E-state index contributed by atoms with van der Waals surface area (Å²) in [6, 6.07) is 0. The van der Waals surface area contributed by atoms with Crippen LogP contribution in [0.1, 0.15) is 19.8 Å². The van der Waals surface area contributed by atoms with Gasteiger partial charge in [0.2, 0.25) is 5.91 Å². The van der Waals surface area contributed by atoms with E-state index in [9.17, 15) is 14.4 Å². The fraction of sp³-hybridized carbons (Fsp3) is 0.769. The summed E-state index contributed by atoms with van der Waals surface area (Å²) in [6.07, 6.45) is 1.04. The summed E-state index contributed by atoms with van der Waals surface area (Å²) < 4.78 is 0. The van der Waals surface area contributed by atoms with Crippen molar-refractivity contribution >= 4 is 17.8 Å². The van der Waals surface area contributed by atoms with E-state index in [-0.39, 0.29) is 38.8 Å². The molecule has 0 saturated carbocycles. The molecular formula is C13H26N2O7. The van der Waals surface area contributed by atoms with Crippen molar-refractivity contribution in [2.45, 2.75) is 19.8 Å². The SMILES string of the molecule is CC(=O)N(CCCO)CC(=O)O.CN(CCCO)CC(=O)O. The number of carboxylic acid groups (broad SMARTS) is 2. The fourth-order valence-corrected chi connectivity index (χ4v) is 1.42. The molecule has 0 atom stereocenters. The van der Waals surface area contributed by atoms with Crippen LogP contribution in [-0.4, -0.2) is 94.5 Å². The third-order valence-corrected chi connectivity index (χ3v) is 2.46. The molecule has 0 aromatic heterocycles. The van der Waals surface area contributed by atoms with Crippen molar-refractivity contribution in [1.82, 2.24) is 9.80 Å². The lowest BCUT2D eigenvalue weighted by Gasteiger charge is -2.17. The van der Waals surface area contributed by atoms with Gasteiger partial charge in [0.1, 0.15) is 6.54 Å². The number of hydrogen-bond donors (Lipinski definition) is 4. The summed E-state index contributed by atoms with van der Waals surface area (Å²) in [5, 5.41) is 33.5. The summed E-state index contributed by atoms with van der Waals surface area (Å²) in [5.41, 5.74) is 0.